The maximum atomic E-state index is 9.80. The molecule has 5 atom stereocenters. The molecule has 0 aliphatic rings. The van der Waals surface area contributed by atoms with Crippen molar-refractivity contribution < 1.29 is 35.5 Å². The molecule has 10 nitrogen and oxygen atoms in total. The zero-order valence-electron chi connectivity index (χ0n) is 8.08. The first kappa shape index (κ1) is 15.0. The maximum absolute atomic E-state index is 9.80. The molecule has 96 valence electrons. The lowest BCUT2D eigenvalue weighted by Gasteiger charge is -2.27. The highest BCUT2D eigenvalue weighted by molar-refractivity contribution is 4.82. The molecule has 0 radical (unpaired) electrons. The molecule has 10 heteroatoms. The van der Waals surface area contributed by atoms with Crippen LogP contribution in [0.1, 0.15) is 0 Å². The largest absolute Gasteiger partial charge is 0.389 e. The average molecular weight is 242 g/mol. The number of nitrogens with two attached hydrogens (primary N) is 1. The molecule has 0 amide bonds. The van der Waals surface area contributed by atoms with E-state index >= 15 is 0 Å². The Morgan fingerprint density at radius 2 is 1.62 bits per heavy atom. The maximum Gasteiger partial charge on any atom is 0.297 e. The van der Waals surface area contributed by atoms with Crippen LogP contribution >= 0.6 is 0 Å². The Labute approximate surface area is 89.6 Å². The minimum Gasteiger partial charge on any atom is -0.389 e. The molecule has 0 aliphatic carbocycles. The van der Waals surface area contributed by atoms with Gasteiger partial charge in [-0.3, -0.25) is 4.84 Å². The van der Waals surface area contributed by atoms with Crippen LogP contribution in [-0.4, -0.2) is 67.9 Å². The Hall–Kier alpha value is -1.04. The smallest absolute Gasteiger partial charge is 0.297 e. The van der Waals surface area contributed by atoms with Crippen molar-refractivity contribution in [3.8, 4) is 0 Å². The van der Waals surface area contributed by atoms with E-state index in [1.807, 2.05) is 0 Å². The Morgan fingerprint density at radius 3 is 2.00 bits per heavy atom. The second-order valence-electron chi connectivity index (χ2n) is 2.99. The topological polar surface area (TPSA) is 180 Å². The van der Waals surface area contributed by atoms with Crippen molar-refractivity contribution in [3.63, 3.8) is 0 Å². The lowest BCUT2D eigenvalue weighted by Crippen LogP contribution is -2.51. The van der Waals surface area contributed by atoms with Gasteiger partial charge in [-0.15, -0.1) is 10.1 Å². The first-order valence-electron chi connectivity index (χ1n) is 4.22. The third kappa shape index (κ3) is 4.22. The Balaban J connectivity index is 4.35. The quantitative estimate of drug-likeness (QED) is 0.147. The van der Waals surface area contributed by atoms with E-state index in [0.29, 0.717) is 0 Å². The van der Waals surface area contributed by atoms with Crippen LogP contribution in [0, 0.1) is 10.1 Å². The number of aliphatic hydroxyl groups is 5. The summed E-state index contributed by atoms with van der Waals surface area (Å²) in [5.41, 5.74) is 4.96. The van der Waals surface area contributed by atoms with E-state index in [0.717, 1.165) is 0 Å². The Morgan fingerprint density at radius 1 is 1.12 bits per heavy atom. The minimum atomic E-state index is -2.34. The van der Waals surface area contributed by atoms with Gasteiger partial charge in [0, 0.05) is 6.54 Å². The highest BCUT2D eigenvalue weighted by atomic mass is 17.0. The monoisotopic (exact) mass is 242 g/mol. The van der Waals surface area contributed by atoms with Gasteiger partial charge in [-0.2, -0.15) is 0 Å². The first-order chi connectivity index (χ1) is 7.31. The van der Waals surface area contributed by atoms with Crippen molar-refractivity contribution >= 4 is 0 Å². The summed E-state index contributed by atoms with van der Waals surface area (Å²) in [5, 5.41) is 53.7. The molecule has 16 heavy (non-hydrogen) atoms. The molecular formula is C6H14N2O8. The van der Waals surface area contributed by atoms with Crippen LogP contribution < -0.4 is 5.73 Å². The molecule has 0 bridgehead atoms. The molecule has 5 unspecified atom stereocenters. The van der Waals surface area contributed by atoms with Crippen LogP contribution in [0.3, 0.4) is 0 Å². The third-order valence-electron chi connectivity index (χ3n) is 1.82. The van der Waals surface area contributed by atoms with E-state index in [4.69, 9.17) is 26.2 Å². The predicted molar refractivity (Wildman–Crippen MR) is 47.2 cm³/mol. The van der Waals surface area contributed by atoms with Crippen molar-refractivity contribution in [2.75, 3.05) is 6.54 Å². The molecule has 0 rings (SSSR count). The summed E-state index contributed by atoms with van der Waals surface area (Å²) in [6.45, 7) is -0.406. The van der Waals surface area contributed by atoms with Crippen LogP contribution in [0.2, 0.25) is 0 Å². The van der Waals surface area contributed by atoms with Crippen molar-refractivity contribution in [1.82, 2.24) is 0 Å². The number of nitrogens with zero attached hydrogens (tertiary/aromatic N) is 1. The normalized spacial score (nSPS) is 20.6. The second-order valence-corrected chi connectivity index (χ2v) is 2.99. The summed E-state index contributed by atoms with van der Waals surface area (Å²) >= 11 is 0. The minimum absolute atomic E-state index is 0.406. The van der Waals surface area contributed by atoms with Gasteiger partial charge in [0.15, 0.2) is 0 Å². The average Bonchev–Trinajstić information content (AvgIpc) is 2.23. The van der Waals surface area contributed by atoms with Gasteiger partial charge in [0.25, 0.3) is 5.09 Å². The molecule has 0 aromatic rings. The molecule has 0 heterocycles. The summed E-state index contributed by atoms with van der Waals surface area (Å²) < 4.78 is 0. The predicted octanol–water partition coefficient (Wildman–Crippen LogP) is -4.08. The molecule has 0 aromatic carbocycles. The lowest BCUT2D eigenvalue weighted by molar-refractivity contribution is -0.782. The van der Waals surface area contributed by atoms with Gasteiger partial charge >= 0.3 is 0 Å². The number of hydrogen-bond donors (Lipinski definition) is 6. The van der Waals surface area contributed by atoms with Crippen LogP contribution in [0.15, 0.2) is 0 Å². The molecule has 0 spiro atoms. The summed E-state index contributed by atoms with van der Waals surface area (Å²) in [5.74, 6) is 0. The zero-order chi connectivity index (χ0) is 12.9. The van der Waals surface area contributed by atoms with Crippen molar-refractivity contribution in [1.29, 1.82) is 0 Å². The molecule has 0 saturated heterocycles. The number of aliphatic hydroxyl groups excluding tert-OH is 5. The van der Waals surface area contributed by atoms with Crippen LogP contribution in [0.4, 0.5) is 0 Å². The van der Waals surface area contributed by atoms with E-state index in [1.54, 1.807) is 0 Å². The fourth-order valence-electron chi connectivity index (χ4n) is 0.888. The fourth-order valence-corrected chi connectivity index (χ4v) is 0.888. The summed E-state index contributed by atoms with van der Waals surface area (Å²) in [6, 6.07) is 0. The Kier molecular flexibility index (Phi) is 6.10. The van der Waals surface area contributed by atoms with Gasteiger partial charge in [0.2, 0.25) is 6.29 Å². The highest BCUT2D eigenvalue weighted by Gasteiger charge is 2.35. The first-order valence-corrected chi connectivity index (χ1v) is 4.22. The van der Waals surface area contributed by atoms with E-state index in [9.17, 15) is 15.2 Å². The number of rotatable bonds is 7. The van der Waals surface area contributed by atoms with E-state index in [2.05, 4.69) is 4.84 Å². The standard InChI is InChI=1S/C6H14N2O8/c7-1-2(9)3(10)4(11)5(12)6(13)16-8(14)15/h2-6,9-13H,1,7H2. The zero-order valence-corrected chi connectivity index (χ0v) is 8.08. The van der Waals surface area contributed by atoms with Gasteiger partial charge < -0.3 is 31.3 Å². The van der Waals surface area contributed by atoms with Crippen LogP contribution in [0.25, 0.3) is 0 Å². The van der Waals surface area contributed by atoms with Gasteiger partial charge in [-0.05, 0) is 0 Å². The number of hydrogen-bond acceptors (Lipinski definition) is 9. The molecule has 0 saturated carbocycles. The highest BCUT2D eigenvalue weighted by Crippen LogP contribution is 2.09. The SMILES string of the molecule is NCC(O)C(O)C(O)C(O)C(O)O[N+](=O)[O-]. The molecule has 0 fully saturated rings. The van der Waals surface area contributed by atoms with E-state index in [1.165, 1.54) is 0 Å². The van der Waals surface area contributed by atoms with E-state index in [-0.39, 0.29) is 0 Å². The van der Waals surface area contributed by atoms with E-state index < -0.39 is 42.3 Å². The summed E-state index contributed by atoms with van der Waals surface area (Å²) in [4.78, 5) is 13.3. The van der Waals surface area contributed by atoms with Gasteiger partial charge in [0.05, 0.1) is 6.10 Å². The molecule has 0 aliphatic heterocycles. The van der Waals surface area contributed by atoms with Gasteiger partial charge in [0.1, 0.15) is 18.3 Å². The van der Waals surface area contributed by atoms with Crippen LogP contribution in [-0.2, 0) is 4.84 Å². The van der Waals surface area contributed by atoms with Crippen molar-refractivity contribution in [3.05, 3.63) is 10.1 Å². The van der Waals surface area contributed by atoms with Gasteiger partial charge in [-0.1, -0.05) is 0 Å². The lowest BCUT2D eigenvalue weighted by atomic mass is 10.0. The molecule has 0 aromatic heterocycles. The molecular weight excluding hydrogens is 228 g/mol. The van der Waals surface area contributed by atoms with Crippen molar-refractivity contribution in [2.45, 2.75) is 30.7 Å². The summed E-state index contributed by atoms with van der Waals surface area (Å²) in [6.07, 6.45) is -9.97. The molecule has 7 N–H and O–H groups in total. The Bertz CT molecular complexity index is 227. The second kappa shape index (κ2) is 6.52. The summed E-state index contributed by atoms with van der Waals surface area (Å²) in [7, 11) is 0. The third-order valence-corrected chi connectivity index (χ3v) is 1.82. The van der Waals surface area contributed by atoms with Gasteiger partial charge in [-0.25, -0.2) is 0 Å². The van der Waals surface area contributed by atoms with Crippen molar-refractivity contribution in [2.24, 2.45) is 5.73 Å². The van der Waals surface area contributed by atoms with Crippen LogP contribution in [0.5, 0.6) is 0 Å². The fraction of sp³-hybridized carbons (Fsp3) is 1.00.